The van der Waals surface area contributed by atoms with Gasteiger partial charge < -0.3 is 34.3 Å². The van der Waals surface area contributed by atoms with Crippen LogP contribution in [0.3, 0.4) is 0 Å². The van der Waals surface area contributed by atoms with Crippen molar-refractivity contribution in [2.75, 3.05) is 13.2 Å². The molecule has 46 heavy (non-hydrogen) atoms. The van der Waals surface area contributed by atoms with Gasteiger partial charge in [-0.05, 0) is 6.42 Å². The quantitative estimate of drug-likeness (QED) is 0.112. The molecule has 1 saturated heterocycles. The highest BCUT2D eigenvalue weighted by atomic mass is 16.6. The lowest BCUT2D eigenvalue weighted by Gasteiger charge is -2.45. The molecule has 1 aliphatic heterocycles. The summed E-state index contributed by atoms with van der Waals surface area (Å²) in [7, 11) is 0. The first-order chi connectivity index (χ1) is 22.0. The molecule has 1 fully saturated rings. The Morgan fingerprint density at radius 2 is 1.43 bits per heavy atom. The van der Waals surface area contributed by atoms with Crippen LogP contribution in [0.2, 0.25) is 0 Å². The fourth-order valence-corrected chi connectivity index (χ4v) is 5.16. The van der Waals surface area contributed by atoms with Crippen LogP contribution in [0.1, 0.15) is 105 Å². The van der Waals surface area contributed by atoms with Crippen LogP contribution < -0.4 is 10.6 Å². The van der Waals surface area contributed by atoms with E-state index in [1.807, 2.05) is 0 Å². The lowest BCUT2D eigenvalue weighted by atomic mass is 9.95. The van der Waals surface area contributed by atoms with Crippen molar-refractivity contribution < 1.29 is 47.7 Å². The Kier molecular flexibility index (Phi) is 17.8. The standard InChI is InChI=1S/C31H51N5O10/c1-6-7-8-9-10-11-12-13-14-15-16-42-19-25-17-36(35-34-25)18-27(41)33-31-28(32-21(2)37)30(45-24(5)40)29(44-23(4)39)26(46-31)20-43-22(3)38/h17,26,28-31H,6-16,18-20H2,1-5H3,(H,32,37)(H,33,41)/t26-,28-,29-,30-,31-/m1/s1. The lowest BCUT2D eigenvalue weighted by molar-refractivity contribution is -0.228. The molecule has 0 saturated carbocycles. The van der Waals surface area contributed by atoms with Crippen molar-refractivity contribution in [2.45, 2.75) is 143 Å². The van der Waals surface area contributed by atoms with Crippen LogP contribution in [0.15, 0.2) is 6.20 Å². The molecule has 2 rings (SSSR count). The Hall–Kier alpha value is -3.59. The molecule has 0 aliphatic carbocycles. The Bertz CT molecular complexity index is 1110. The first-order valence-corrected chi connectivity index (χ1v) is 16.2. The second kappa shape index (κ2) is 21.3. The number of carbonyl (C=O) groups excluding carboxylic acids is 5. The second-order valence-electron chi connectivity index (χ2n) is 11.5. The molecule has 2 N–H and O–H groups in total. The van der Waals surface area contributed by atoms with Crippen LogP contribution in [0.25, 0.3) is 0 Å². The Morgan fingerprint density at radius 3 is 2.02 bits per heavy atom. The number of nitrogens with one attached hydrogen (secondary N) is 2. The first-order valence-electron chi connectivity index (χ1n) is 16.2. The van der Waals surface area contributed by atoms with Gasteiger partial charge in [0.25, 0.3) is 0 Å². The summed E-state index contributed by atoms with van der Waals surface area (Å²) < 4.78 is 28.9. The Balaban J connectivity index is 1.93. The predicted molar refractivity (Wildman–Crippen MR) is 164 cm³/mol. The molecule has 0 aromatic carbocycles. The topological polar surface area (TPSA) is 186 Å². The van der Waals surface area contributed by atoms with Crippen molar-refractivity contribution in [3.8, 4) is 0 Å². The molecule has 2 amide bonds. The van der Waals surface area contributed by atoms with E-state index < -0.39 is 60.3 Å². The molecular weight excluding hydrogens is 602 g/mol. The van der Waals surface area contributed by atoms with E-state index in [-0.39, 0.29) is 19.8 Å². The molecule has 1 aromatic rings. The summed E-state index contributed by atoms with van der Waals surface area (Å²) in [6.07, 6.45) is 9.06. The Morgan fingerprint density at radius 1 is 0.826 bits per heavy atom. The van der Waals surface area contributed by atoms with Gasteiger partial charge in [-0.25, -0.2) is 4.68 Å². The van der Waals surface area contributed by atoms with Crippen molar-refractivity contribution in [3.63, 3.8) is 0 Å². The summed E-state index contributed by atoms with van der Waals surface area (Å²) in [4.78, 5) is 60.5. The zero-order chi connectivity index (χ0) is 33.9. The van der Waals surface area contributed by atoms with Gasteiger partial charge in [0.15, 0.2) is 18.4 Å². The molecule has 1 aliphatic rings. The molecule has 15 heteroatoms. The monoisotopic (exact) mass is 653 g/mol. The highest BCUT2D eigenvalue weighted by molar-refractivity contribution is 5.77. The highest BCUT2D eigenvalue weighted by Crippen LogP contribution is 2.26. The smallest absolute Gasteiger partial charge is 0.303 e. The number of ether oxygens (including phenoxy) is 5. The highest BCUT2D eigenvalue weighted by Gasteiger charge is 2.51. The summed E-state index contributed by atoms with van der Waals surface area (Å²) in [5, 5.41) is 13.3. The maximum absolute atomic E-state index is 13.1. The zero-order valence-electron chi connectivity index (χ0n) is 27.8. The van der Waals surface area contributed by atoms with E-state index >= 15 is 0 Å². The van der Waals surface area contributed by atoms with Crippen molar-refractivity contribution in [3.05, 3.63) is 11.9 Å². The lowest BCUT2D eigenvalue weighted by Crippen LogP contribution is -2.69. The van der Waals surface area contributed by atoms with E-state index in [9.17, 15) is 24.0 Å². The van der Waals surface area contributed by atoms with Gasteiger partial charge >= 0.3 is 17.9 Å². The van der Waals surface area contributed by atoms with Crippen LogP contribution >= 0.6 is 0 Å². The number of hydrogen-bond acceptors (Lipinski definition) is 12. The largest absolute Gasteiger partial charge is 0.463 e. The van der Waals surface area contributed by atoms with E-state index in [1.54, 1.807) is 6.20 Å². The summed E-state index contributed by atoms with van der Waals surface area (Å²) >= 11 is 0. The first kappa shape index (κ1) is 38.6. The fraction of sp³-hybridized carbons (Fsp3) is 0.774. The van der Waals surface area contributed by atoms with Crippen molar-refractivity contribution in [2.24, 2.45) is 0 Å². The van der Waals surface area contributed by atoms with Crippen LogP contribution in [0, 0.1) is 0 Å². The van der Waals surface area contributed by atoms with E-state index in [0.29, 0.717) is 12.3 Å². The number of unbranched alkanes of at least 4 members (excludes halogenated alkanes) is 9. The van der Waals surface area contributed by atoms with Crippen LogP contribution in [-0.2, 0) is 60.8 Å². The average molecular weight is 654 g/mol. The number of nitrogens with zero attached hydrogens (tertiary/aromatic N) is 3. The minimum atomic E-state index is -1.28. The SMILES string of the molecule is CCCCCCCCCCCCOCc1cn(CC(=O)N[C@@H]2O[C@H](COC(C)=O)[C@@H](OC(C)=O)[C@H](OC(C)=O)[C@H]2NC(C)=O)nn1. The summed E-state index contributed by atoms with van der Waals surface area (Å²) in [5.41, 5.74) is 0.561. The molecule has 0 radical (unpaired) electrons. The van der Waals surface area contributed by atoms with Gasteiger partial charge in [-0.3, -0.25) is 24.0 Å². The summed E-state index contributed by atoms with van der Waals surface area (Å²) in [6, 6.07) is -1.16. The molecular formula is C31H51N5O10. The van der Waals surface area contributed by atoms with E-state index in [4.69, 9.17) is 23.7 Å². The number of esters is 3. The molecule has 0 spiro atoms. The van der Waals surface area contributed by atoms with Gasteiger partial charge in [-0.1, -0.05) is 69.9 Å². The van der Waals surface area contributed by atoms with Crippen molar-refractivity contribution in [1.82, 2.24) is 25.6 Å². The van der Waals surface area contributed by atoms with Crippen LogP contribution in [0.5, 0.6) is 0 Å². The Labute approximate surface area is 270 Å². The zero-order valence-corrected chi connectivity index (χ0v) is 27.8. The molecule has 0 bridgehead atoms. The number of amides is 2. The molecule has 5 atom stereocenters. The number of carbonyl (C=O) groups is 5. The average Bonchev–Trinajstić information content (AvgIpc) is 3.41. The van der Waals surface area contributed by atoms with E-state index in [2.05, 4.69) is 27.9 Å². The number of aromatic nitrogens is 3. The minimum Gasteiger partial charge on any atom is -0.463 e. The summed E-state index contributed by atoms with van der Waals surface area (Å²) in [5.74, 6) is -3.18. The maximum atomic E-state index is 13.1. The number of rotatable bonds is 21. The van der Waals surface area contributed by atoms with Crippen molar-refractivity contribution in [1.29, 1.82) is 0 Å². The van der Waals surface area contributed by atoms with Crippen molar-refractivity contribution >= 4 is 29.7 Å². The molecule has 260 valence electrons. The molecule has 2 heterocycles. The van der Waals surface area contributed by atoms with Gasteiger partial charge in [-0.15, -0.1) is 5.10 Å². The van der Waals surface area contributed by atoms with Gasteiger partial charge in [-0.2, -0.15) is 0 Å². The van der Waals surface area contributed by atoms with Gasteiger partial charge in [0, 0.05) is 34.3 Å². The third kappa shape index (κ3) is 15.1. The third-order valence-electron chi connectivity index (χ3n) is 7.20. The van der Waals surface area contributed by atoms with Crippen LogP contribution in [0.4, 0.5) is 0 Å². The van der Waals surface area contributed by atoms with Gasteiger partial charge in [0.2, 0.25) is 11.8 Å². The number of hydrogen-bond donors (Lipinski definition) is 2. The summed E-state index contributed by atoms with van der Waals surface area (Å²) in [6.45, 7) is 7.16. The molecule has 0 unspecified atom stereocenters. The minimum absolute atomic E-state index is 0.252. The normalized spacial score (nSPS) is 20.8. The predicted octanol–water partition coefficient (Wildman–Crippen LogP) is 2.49. The maximum Gasteiger partial charge on any atom is 0.303 e. The second-order valence-corrected chi connectivity index (χ2v) is 11.5. The van der Waals surface area contributed by atoms with E-state index in [0.717, 1.165) is 26.7 Å². The van der Waals surface area contributed by atoms with Gasteiger partial charge in [0.05, 0.1) is 12.8 Å². The molecule has 15 nitrogen and oxygen atoms in total. The van der Waals surface area contributed by atoms with Crippen LogP contribution in [-0.4, -0.2) is 88.5 Å². The van der Waals surface area contributed by atoms with Gasteiger partial charge in [0.1, 0.15) is 31.0 Å². The molecule has 1 aromatic heterocycles. The fourth-order valence-electron chi connectivity index (χ4n) is 5.16. The third-order valence-corrected chi connectivity index (χ3v) is 7.20. The van der Waals surface area contributed by atoms with E-state index in [1.165, 1.54) is 69.9 Å².